The van der Waals surface area contributed by atoms with Crippen molar-refractivity contribution < 1.29 is 9.59 Å². The number of halogens is 1. The Morgan fingerprint density at radius 1 is 1.45 bits per heavy atom. The maximum atomic E-state index is 11.7. The molecule has 3 amide bonds. The number of imide groups is 1. The number of aromatic amines is 1. The lowest BCUT2D eigenvalue weighted by molar-refractivity contribution is -0.117. The fourth-order valence-corrected chi connectivity index (χ4v) is 2.47. The Morgan fingerprint density at radius 3 is 3.05 bits per heavy atom. The Hall–Kier alpha value is -1.80. The molecule has 0 aliphatic heterocycles. The molecule has 0 aromatic carbocycles. The smallest absolute Gasteiger partial charge is 0.321 e. The van der Waals surface area contributed by atoms with Crippen molar-refractivity contribution in [3.8, 4) is 0 Å². The molecule has 0 saturated carbocycles. The van der Waals surface area contributed by atoms with Crippen LogP contribution in [0.15, 0.2) is 17.4 Å². The van der Waals surface area contributed by atoms with Crippen LogP contribution >= 0.6 is 23.4 Å². The minimum Gasteiger partial charge on any atom is -0.338 e. The number of hydrogen-bond donors (Lipinski definition) is 3. The molecule has 0 fully saturated rings. The molecule has 2 heterocycles. The van der Waals surface area contributed by atoms with Gasteiger partial charge in [-0.05, 0) is 12.5 Å². The predicted octanol–water partition coefficient (Wildman–Crippen LogP) is 2.33. The van der Waals surface area contributed by atoms with E-state index >= 15 is 0 Å². The summed E-state index contributed by atoms with van der Waals surface area (Å²) < 4.78 is 0. The van der Waals surface area contributed by atoms with Gasteiger partial charge in [0.05, 0.1) is 16.3 Å². The van der Waals surface area contributed by atoms with E-state index in [2.05, 4.69) is 25.6 Å². The molecule has 0 atom stereocenters. The van der Waals surface area contributed by atoms with Gasteiger partial charge in [0.25, 0.3) is 0 Å². The molecule has 118 valence electrons. The number of nitrogens with one attached hydrogen (secondary N) is 3. The Labute approximate surface area is 136 Å². The van der Waals surface area contributed by atoms with E-state index in [4.69, 9.17) is 11.6 Å². The van der Waals surface area contributed by atoms with Crippen molar-refractivity contribution in [1.29, 1.82) is 0 Å². The van der Waals surface area contributed by atoms with Gasteiger partial charge in [-0.15, -0.1) is 0 Å². The topological polar surface area (TPSA) is 99.8 Å². The number of carbonyl (C=O) groups excluding carboxylic acids is 2. The second kappa shape index (κ2) is 8.00. The highest BCUT2D eigenvalue weighted by Gasteiger charge is 2.10. The van der Waals surface area contributed by atoms with Gasteiger partial charge in [-0.2, -0.15) is 0 Å². The lowest BCUT2D eigenvalue weighted by atomic mass is 10.3. The number of unbranched alkanes of at least 4 members (excludes halogenated alkanes) is 1. The van der Waals surface area contributed by atoms with Crippen LogP contribution in [0.5, 0.6) is 0 Å². The molecule has 0 unspecified atom stereocenters. The van der Waals surface area contributed by atoms with Crippen LogP contribution in [0, 0.1) is 0 Å². The van der Waals surface area contributed by atoms with Crippen LogP contribution < -0.4 is 10.6 Å². The molecule has 0 radical (unpaired) electrons. The fourth-order valence-electron chi connectivity index (χ4n) is 1.64. The summed E-state index contributed by atoms with van der Waals surface area (Å²) in [5, 5.41) is 5.93. The normalized spacial score (nSPS) is 10.6. The van der Waals surface area contributed by atoms with Crippen molar-refractivity contribution in [2.45, 2.75) is 24.9 Å². The summed E-state index contributed by atoms with van der Waals surface area (Å²) in [4.78, 5) is 34.4. The number of urea groups is 1. The summed E-state index contributed by atoms with van der Waals surface area (Å²) in [7, 11) is 0. The van der Waals surface area contributed by atoms with Crippen molar-refractivity contribution in [2.75, 3.05) is 12.3 Å². The zero-order valence-electron chi connectivity index (χ0n) is 12.0. The molecule has 2 aromatic heterocycles. The predicted molar refractivity (Wildman–Crippen MR) is 86.1 cm³/mol. The first-order valence-electron chi connectivity index (χ1n) is 6.80. The Balaban J connectivity index is 1.81. The quantitative estimate of drug-likeness (QED) is 0.553. The van der Waals surface area contributed by atoms with Crippen LogP contribution in [0.4, 0.5) is 4.79 Å². The van der Waals surface area contributed by atoms with E-state index < -0.39 is 6.03 Å². The first-order valence-corrected chi connectivity index (χ1v) is 8.16. The molecule has 0 aliphatic carbocycles. The lowest BCUT2D eigenvalue weighted by Crippen LogP contribution is -2.40. The number of imidazole rings is 1. The minimum atomic E-state index is -0.475. The minimum absolute atomic E-state index is 0.0781. The second-order valence-corrected chi connectivity index (χ2v) is 5.91. The third kappa shape index (κ3) is 4.88. The fraction of sp³-hybridized carbons (Fsp3) is 0.385. The van der Waals surface area contributed by atoms with E-state index in [-0.39, 0.29) is 11.7 Å². The number of amides is 3. The van der Waals surface area contributed by atoms with E-state index in [1.54, 1.807) is 6.07 Å². The van der Waals surface area contributed by atoms with Gasteiger partial charge in [0.15, 0.2) is 10.8 Å². The van der Waals surface area contributed by atoms with E-state index in [1.165, 1.54) is 18.0 Å². The summed E-state index contributed by atoms with van der Waals surface area (Å²) in [5.74, 6) is -0.306. The molecule has 0 spiro atoms. The summed E-state index contributed by atoms with van der Waals surface area (Å²) in [6.45, 7) is 2.58. The van der Waals surface area contributed by atoms with E-state index in [0.717, 1.165) is 12.8 Å². The SMILES string of the molecule is CCCCNC(=O)NC(=O)CSc1nc2ncc(Cl)cc2[nH]1. The molecule has 2 aromatic rings. The largest absolute Gasteiger partial charge is 0.338 e. The molecular weight excluding hydrogens is 326 g/mol. The van der Waals surface area contributed by atoms with Crippen LogP contribution in [0.2, 0.25) is 5.02 Å². The number of hydrogen-bond acceptors (Lipinski definition) is 5. The molecule has 0 bridgehead atoms. The van der Waals surface area contributed by atoms with Gasteiger partial charge in [-0.25, -0.2) is 14.8 Å². The Bertz CT molecular complexity index is 675. The summed E-state index contributed by atoms with van der Waals surface area (Å²) >= 11 is 7.03. The van der Waals surface area contributed by atoms with Crippen LogP contribution in [0.3, 0.4) is 0 Å². The van der Waals surface area contributed by atoms with Crippen LogP contribution in [0.25, 0.3) is 11.2 Å². The van der Waals surface area contributed by atoms with Crippen LogP contribution in [-0.4, -0.2) is 39.2 Å². The Morgan fingerprint density at radius 2 is 2.27 bits per heavy atom. The standard InChI is InChI=1S/C13H16ClN5O2S/c1-2-3-4-15-12(21)18-10(20)7-22-13-17-9-5-8(14)6-16-11(9)19-13/h5-6H,2-4,7H2,1H3,(H,16,17,19)(H2,15,18,20,21). The van der Waals surface area contributed by atoms with E-state index in [0.29, 0.717) is 27.9 Å². The van der Waals surface area contributed by atoms with Crippen molar-refractivity contribution in [1.82, 2.24) is 25.6 Å². The average Bonchev–Trinajstić information content (AvgIpc) is 2.87. The van der Waals surface area contributed by atoms with Crippen molar-refractivity contribution in [2.24, 2.45) is 0 Å². The number of thioether (sulfide) groups is 1. The number of carbonyl (C=O) groups is 2. The Kier molecular flexibility index (Phi) is 6.02. The third-order valence-corrected chi connectivity index (χ3v) is 3.77. The van der Waals surface area contributed by atoms with Gasteiger partial charge < -0.3 is 10.3 Å². The maximum absolute atomic E-state index is 11.7. The van der Waals surface area contributed by atoms with Gasteiger partial charge >= 0.3 is 6.03 Å². The van der Waals surface area contributed by atoms with Crippen molar-refractivity contribution in [3.63, 3.8) is 0 Å². The lowest BCUT2D eigenvalue weighted by Gasteiger charge is -2.05. The van der Waals surface area contributed by atoms with Crippen LogP contribution in [0.1, 0.15) is 19.8 Å². The number of nitrogens with zero attached hydrogens (tertiary/aromatic N) is 2. The molecule has 9 heteroatoms. The van der Waals surface area contributed by atoms with Crippen molar-refractivity contribution >= 4 is 46.5 Å². The number of pyridine rings is 1. The summed E-state index contributed by atoms with van der Waals surface area (Å²) in [5.41, 5.74) is 1.23. The highest BCUT2D eigenvalue weighted by atomic mass is 35.5. The van der Waals surface area contributed by atoms with Crippen LogP contribution in [-0.2, 0) is 4.79 Å². The molecule has 0 saturated heterocycles. The molecule has 7 nitrogen and oxygen atoms in total. The molecular formula is C13H16ClN5O2S. The summed E-state index contributed by atoms with van der Waals surface area (Å²) in [6.07, 6.45) is 3.37. The number of H-pyrrole nitrogens is 1. The summed E-state index contributed by atoms with van der Waals surface area (Å²) in [6, 6.07) is 1.24. The first kappa shape index (κ1) is 16.6. The zero-order valence-corrected chi connectivity index (χ0v) is 13.6. The van der Waals surface area contributed by atoms with Crippen molar-refractivity contribution in [3.05, 3.63) is 17.3 Å². The molecule has 2 rings (SSSR count). The number of fused-ring (bicyclic) bond motifs is 1. The highest BCUT2D eigenvalue weighted by Crippen LogP contribution is 2.20. The highest BCUT2D eigenvalue weighted by molar-refractivity contribution is 7.99. The van der Waals surface area contributed by atoms with Gasteiger partial charge in [0.2, 0.25) is 5.91 Å². The molecule has 22 heavy (non-hydrogen) atoms. The first-order chi connectivity index (χ1) is 10.6. The number of rotatable bonds is 6. The molecule has 0 aliphatic rings. The second-order valence-electron chi connectivity index (χ2n) is 4.51. The van der Waals surface area contributed by atoms with Gasteiger partial charge in [0, 0.05) is 12.7 Å². The average molecular weight is 342 g/mol. The van der Waals surface area contributed by atoms with Gasteiger partial charge in [0.1, 0.15) is 0 Å². The third-order valence-electron chi connectivity index (χ3n) is 2.69. The zero-order chi connectivity index (χ0) is 15.9. The maximum Gasteiger partial charge on any atom is 0.321 e. The number of aromatic nitrogens is 3. The van der Waals surface area contributed by atoms with Gasteiger partial charge in [-0.3, -0.25) is 10.1 Å². The van der Waals surface area contributed by atoms with Gasteiger partial charge in [-0.1, -0.05) is 36.7 Å². The van der Waals surface area contributed by atoms with E-state index in [9.17, 15) is 9.59 Å². The van der Waals surface area contributed by atoms with E-state index in [1.807, 2.05) is 6.92 Å². The monoisotopic (exact) mass is 341 g/mol. The molecule has 3 N–H and O–H groups in total.